The summed E-state index contributed by atoms with van der Waals surface area (Å²) in [6.07, 6.45) is 7.91. The molecule has 0 spiro atoms. The number of hydrogen-bond donors (Lipinski definition) is 1. The van der Waals surface area contributed by atoms with Gasteiger partial charge in [0.15, 0.2) is 5.78 Å². The van der Waals surface area contributed by atoms with Crippen LogP contribution >= 0.6 is 11.3 Å². The molecule has 3 aromatic carbocycles. The Kier molecular flexibility index (Phi) is 14.1. The van der Waals surface area contributed by atoms with E-state index in [2.05, 4.69) is 100 Å². The number of nitrogens with zero attached hydrogens (tertiary/aromatic N) is 1. The number of benzene rings is 3. The van der Waals surface area contributed by atoms with Gasteiger partial charge in [-0.1, -0.05) is 119 Å². The van der Waals surface area contributed by atoms with Crippen molar-refractivity contribution in [3.8, 4) is 22.4 Å². The number of thiophene rings is 1. The molecular weight excluding hydrogens is 775 g/mol. The molecule has 5 heteroatoms. The second-order valence-electron chi connectivity index (χ2n) is 13.5. The fourth-order valence-corrected chi connectivity index (χ4v) is 7.09. The molecule has 2 aromatic heterocycles. The summed E-state index contributed by atoms with van der Waals surface area (Å²) < 4.78 is 1.27. The Hall–Kier alpha value is -3.11. The topological polar surface area (TPSA) is 50.2 Å². The van der Waals surface area contributed by atoms with Gasteiger partial charge in [0, 0.05) is 49.9 Å². The molecule has 0 fully saturated rings. The number of carbonyl (C=O) groups is 1. The molecule has 5 rings (SSSR count). The SMILES string of the molecule is CCC(CC)C(=O)/C=C(\O)C(CC)CC.Cc1cc2c(s1)c(-c1cc(-c3ccc(CC(C)(C)C)cc3)ccn1)[c-]c1ccccc12.[Ir]. The Morgan fingerprint density at radius 2 is 1.51 bits per heavy atom. The van der Waals surface area contributed by atoms with E-state index in [1.807, 2.05) is 45.2 Å². The Morgan fingerprint density at radius 3 is 2.13 bits per heavy atom. The van der Waals surface area contributed by atoms with Crippen LogP contribution < -0.4 is 0 Å². The summed E-state index contributed by atoms with van der Waals surface area (Å²) >= 11 is 1.83. The second-order valence-corrected chi connectivity index (χ2v) is 14.8. The monoisotopic (exact) mass is 825 g/mol. The van der Waals surface area contributed by atoms with Crippen molar-refractivity contribution in [2.75, 3.05) is 0 Å². The predicted octanol–water partition coefficient (Wildman–Crippen LogP) is 12.3. The first kappa shape index (κ1) is 38.3. The first-order chi connectivity index (χ1) is 22.0. The molecular formula is C42H50IrNO2S-. The number of ketones is 1. The van der Waals surface area contributed by atoms with Crippen molar-refractivity contribution in [2.24, 2.45) is 17.3 Å². The smallest absolute Gasteiger partial charge is 0.162 e. The maximum Gasteiger partial charge on any atom is 0.162 e. The quantitative estimate of drug-likeness (QED) is 0.0867. The zero-order valence-electron chi connectivity index (χ0n) is 29.2. The minimum absolute atomic E-state index is 0. The standard InChI is InChI=1S/C29H26NS.C13H24O2.Ir/c1-19-15-25-24-8-6-5-7-23(24)16-26(28(25)31-19)27-17-22(13-14-30-27)21-11-9-20(10-12-21)18-29(2,3)4;1-5-10(6-2)12(14)9-13(15)11(7-3)8-4;/h5-15,17H,18H2,1-4H3;9-11,14H,5-8H2,1-4H3;/q-1;;/b;12-9-;. The summed E-state index contributed by atoms with van der Waals surface area (Å²) in [4.78, 5) is 17.8. The molecule has 0 saturated carbocycles. The van der Waals surface area contributed by atoms with Gasteiger partial charge in [-0.2, -0.15) is 11.3 Å². The van der Waals surface area contributed by atoms with Crippen LogP contribution in [0.15, 0.2) is 84.8 Å². The third-order valence-corrected chi connectivity index (χ3v) is 9.75. The van der Waals surface area contributed by atoms with Crippen molar-refractivity contribution in [2.45, 2.75) is 87.5 Å². The second kappa shape index (κ2) is 17.3. The number of hydrogen-bond acceptors (Lipinski definition) is 4. The summed E-state index contributed by atoms with van der Waals surface area (Å²) in [5, 5.41) is 13.5. The molecule has 3 nitrogen and oxygen atoms in total. The first-order valence-corrected chi connectivity index (χ1v) is 17.6. The maximum atomic E-state index is 11.7. The number of rotatable bonds is 10. The third kappa shape index (κ3) is 9.95. The van der Waals surface area contributed by atoms with Crippen molar-refractivity contribution in [1.29, 1.82) is 0 Å². The number of aryl methyl sites for hydroxylation is 1. The van der Waals surface area contributed by atoms with E-state index >= 15 is 0 Å². The van der Waals surface area contributed by atoms with E-state index in [0.717, 1.165) is 48.7 Å². The fourth-order valence-electron chi connectivity index (χ4n) is 6.05. The van der Waals surface area contributed by atoms with Crippen LogP contribution in [0.1, 0.15) is 84.6 Å². The molecule has 0 amide bonds. The van der Waals surface area contributed by atoms with Crippen LogP contribution in [0, 0.1) is 30.2 Å². The van der Waals surface area contributed by atoms with Crippen molar-refractivity contribution >= 4 is 38.0 Å². The minimum atomic E-state index is 0. The number of aromatic nitrogens is 1. The first-order valence-electron chi connectivity index (χ1n) is 16.8. The number of allylic oxidation sites excluding steroid dienone is 2. The van der Waals surface area contributed by atoms with Gasteiger partial charge in [-0.25, -0.2) is 0 Å². The van der Waals surface area contributed by atoms with Gasteiger partial charge in [-0.15, -0.1) is 17.5 Å². The Labute approximate surface area is 299 Å². The Balaban J connectivity index is 0.000000322. The summed E-state index contributed by atoms with van der Waals surface area (Å²) in [7, 11) is 0. The van der Waals surface area contributed by atoms with E-state index in [1.165, 1.54) is 43.1 Å². The Morgan fingerprint density at radius 1 is 0.872 bits per heavy atom. The number of carbonyl (C=O) groups excluding carboxylic acids is 1. The average Bonchev–Trinajstić information content (AvgIpc) is 3.43. The number of pyridine rings is 1. The molecule has 5 aromatic rings. The van der Waals surface area contributed by atoms with Gasteiger partial charge in [0.1, 0.15) is 0 Å². The molecule has 1 radical (unpaired) electrons. The normalized spacial score (nSPS) is 11.9. The molecule has 0 aliphatic heterocycles. The van der Waals surface area contributed by atoms with Crippen LogP contribution in [-0.4, -0.2) is 15.9 Å². The summed E-state index contributed by atoms with van der Waals surface area (Å²) in [5.41, 5.74) is 6.16. The van der Waals surface area contributed by atoms with E-state index in [1.54, 1.807) is 0 Å². The molecule has 47 heavy (non-hydrogen) atoms. The third-order valence-electron chi connectivity index (χ3n) is 8.68. The van der Waals surface area contributed by atoms with E-state index in [-0.39, 0.29) is 43.5 Å². The summed E-state index contributed by atoms with van der Waals surface area (Å²) in [6, 6.07) is 27.7. The van der Waals surface area contributed by atoms with Crippen LogP contribution in [0.2, 0.25) is 0 Å². The summed E-state index contributed by atoms with van der Waals surface area (Å²) in [5.74, 6) is 0.547. The molecule has 0 unspecified atom stereocenters. The number of fused-ring (bicyclic) bond motifs is 3. The zero-order chi connectivity index (χ0) is 33.4. The largest absolute Gasteiger partial charge is 0.512 e. The van der Waals surface area contributed by atoms with E-state index < -0.39 is 0 Å². The van der Waals surface area contributed by atoms with Gasteiger partial charge in [-0.3, -0.25) is 9.78 Å². The number of aliphatic hydroxyl groups is 1. The van der Waals surface area contributed by atoms with Gasteiger partial charge < -0.3 is 5.11 Å². The van der Waals surface area contributed by atoms with Gasteiger partial charge in [0.2, 0.25) is 0 Å². The Bertz CT molecular complexity index is 1790. The summed E-state index contributed by atoms with van der Waals surface area (Å²) in [6.45, 7) is 17.1. The van der Waals surface area contributed by atoms with Gasteiger partial charge in [-0.05, 0) is 76.8 Å². The van der Waals surface area contributed by atoms with E-state index in [4.69, 9.17) is 4.98 Å². The average molecular weight is 825 g/mol. The van der Waals surface area contributed by atoms with Crippen LogP contribution in [-0.2, 0) is 31.3 Å². The molecule has 0 aliphatic rings. The van der Waals surface area contributed by atoms with Crippen molar-refractivity contribution < 1.29 is 30.0 Å². The van der Waals surface area contributed by atoms with Gasteiger partial charge in [0.25, 0.3) is 0 Å². The van der Waals surface area contributed by atoms with Gasteiger partial charge >= 0.3 is 0 Å². The van der Waals surface area contributed by atoms with Crippen molar-refractivity contribution in [3.63, 3.8) is 0 Å². The fraction of sp³-hybridized carbons (Fsp3) is 0.381. The van der Waals surface area contributed by atoms with Crippen molar-refractivity contribution in [1.82, 2.24) is 4.98 Å². The molecule has 0 aliphatic carbocycles. The van der Waals surface area contributed by atoms with Gasteiger partial charge in [0.05, 0.1) is 5.76 Å². The minimum Gasteiger partial charge on any atom is -0.512 e. The zero-order valence-corrected chi connectivity index (χ0v) is 32.5. The molecule has 1 N–H and O–H groups in total. The molecule has 0 atom stereocenters. The molecule has 0 saturated heterocycles. The number of aliphatic hydroxyl groups excluding tert-OH is 1. The van der Waals surface area contributed by atoms with Crippen LogP contribution in [0.25, 0.3) is 43.2 Å². The predicted molar refractivity (Wildman–Crippen MR) is 199 cm³/mol. The van der Waals surface area contributed by atoms with E-state index in [0.29, 0.717) is 5.41 Å². The maximum absolute atomic E-state index is 11.7. The van der Waals surface area contributed by atoms with Crippen LogP contribution in [0.4, 0.5) is 0 Å². The van der Waals surface area contributed by atoms with Crippen molar-refractivity contribution in [3.05, 3.63) is 101 Å². The molecule has 2 heterocycles. The molecule has 0 bridgehead atoms. The van der Waals surface area contributed by atoms with Crippen LogP contribution in [0.3, 0.4) is 0 Å². The molecule has 251 valence electrons. The van der Waals surface area contributed by atoms with Crippen LogP contribution in [0.5, 0.6) is 0 Å². The van der Waals surface area contributed by atoms with E-state index in [9.17, 15) is 9.90 Å².